The Morgan fingerprint density at radius 1 is 1.50 bits per heavy atom. The van der Waals surface area contributed by atoms with Gasteiger partial charge in [0.2, 0.25) is 0 Å². The fourth-order valence-electron chi connectivity index (χ4n) is 1.91. The molecule has 102 valence electrons. The number of nitrogens with one attached hydrogen (secondary N) is 1. The third-order valence-electron chi connectivity index (χ3n) is 2.77. The van der Waals surface area contributed by atoms with Crippen molar-refractivity contribution in [2.45, 2.75) is 6.92 Å². The Bertz CT molecular complexity index is 719. The number of hydrogen-bond acceptors (Lipinski definition) is 4. The molecule has 3 aromatic rings. The van der Waals surface area contributed by atoms with Gasteiger partial charge in [0.1, 0.15) is 0 Å². The van der Waals surface area contributed by atoms with E-state index in [9.17, 15) is 4.79 Å². The Balaban J connectivity index is 1.87. The number of nitrogens with zero attached hydrogens (tertiary/aromatic N) is 2. The van der Waals surface area contributed by atoms with Crippen molar-refractivity contribution in [1.82, 2.24) is 9.38 Å². The number of carbonyl (C=O) groups excluding carboxylic acids is 1. The van der Waals surface area contributed by atoms with Gasteiger partial charge >= 0.3 is 6.09 Å². The minimum atomic E-state index is -0.449. The molecule has 0 fully saturated rings. The number of aromatic nitrogens is 2. The minimum Gasteiger partial charge on any atom is -0.450 e. The van der Waals surface area contributed by atoms with Crippen LogP contribution in [0, 0.1) is 0 Å². The molecule has 1 N–H and O–H groups in total. The lowest BCUT2D eigenvalue weighted by Gasteiger charge is -2.06. The van der Waals surface area contributed by atoms with Crippen molar-refractivity contribution in [2.24, 2.45) is 0 Å². The summed E-state index contributed by atoms with van der Waals surface area (Å²) >= 11 is 1.59. The summed E-state index contributed by atoms with van der Waals surface area (Å²) in [5.41, 5.74) is 2.52. The summed E-state index contributed by atoms with van der Waals surface area (Å²) in [6, 6.07) is 7.54. The zero-order valence-corrected chi connectivity index (χ0v) is 11.7. The molecule has 0 radical (unpaired) electrons. The van der Waals surface area contributed by atoms with E-state index in [1.54, 1.807) is 18.3 Å². The molecule has 20 heavy (non-hydrogen) atoms. The Kier molecular flexibility index (Phi) is 3.39. The first-order valence-corrected chi connectivity index (χ1v) is 7.10. The van der Waals surface area contributed by atoms with E-state index in [4.69, 9.17) is 4.74 Å². The van der Waals surface area contributed by atoms with Gasteiger partial charge in [-0.05, 0) is 19.1 Å². The summed E-state index contributed by atoms with van der Waals surface area (Å²) in [5.74, 6) is 0. The Hall–Kier alpha value is -2.34. The van der Waals surface area contributed by atoms with Crippen LogP contribution in [0.25, 0.3) is 16.2 Å². The van der Waals surface area contributed by atoms with Gasteiger partial charge in [-0.2, -0.15) is 0 Å². The first-order valence-electron chi connectivity index (χ1n) is 6.22. The summed E-state index contributed by atoms with van der Waals surface area (Å²) < 4.78 is 6.84. The van der Waals surface area contributed by atoms with Gasteiger partial charge in [0.15, 0.2) is 4.96 Å². The topological polar surface area (TPSA) is 55.6 Å². The van der Waals surface area contributed by atoms with Gasteiger partial charge in [0, 0.05) is 29.0 Å². The maximum absolute atomic E-state index is 11.4. The SMILES string of the molecule is CCOC(=O)Nc1cccc(-c2cn3ccsc3n2)c1. The normalized spacial score (nSPS) is 10.7. The summed E-state index contributed by atoms with van der Waals surface area (Å²) in [6.07, 6.45) is 3.49. The number of ether oxygens (including phenoxy) is 1. The molecule has 3 rings (SSSR count). The van der Waals surface area contributed by atoms with E-state index in [-0.39, 0.29) is 0 Å². The summed E-state index contributed by atoms with van der Waals surface area (Å²) in [6.45, 7) is 2.12. The first-order chi connectivity index (χ1) is 9.76. The number of amides is 1. The molecule has 5 nitrogen and oxygen atoms in total. The van der Waals surface area contributed by atoms with E-state index in [1.165, 1.54) is 0 Å². The predicted molar refractivity (Wildman–Crippen MR) is 79.1 cm³/mol. The summed E-state index contributed by atoms with van der Waals surface area (Å²) in [5, 5.41) is 4.68. The number of imidazole rings is 1. The van der Waals surface area contributed by atoms with Crippen LogP contribution in [-0.2, 0) is 4.74 Å². The lowest BCUT2D eigenvalue weighted by atomic mass is 10.1. The maximum Gasteiger partial charge on any atom is 0.411 e. The highest BCUT2D eigenvalue weighted by molar-refractivity contribution is 7.15. The number of benzene rings is 1. The lowest BCUT2D eigenvalue weighted by molar-refractivity contribution is 0.168. The largest absolute Gasteiger partial charge is 0.450 e. The Labute approximate surface area is 119 Å². The van der Waals surface area contributed by atoms with Crippen LogP contribution in [0.5, 0.6) is 0 Å². The van der Waals surface area contributed by atoms with Gasteiger partial charge in [-0.1, -0.05) is 12.1 Å². The van der Waals surface area contributed by atoms with Crippen molar-refractivity contribution < 1.29 is 9.53 Å². The van der Waals surface area contributed by atoms with Gasteiger partial charge in [-0.15, -0.1) is 11.3 Å². The molecule has 0 atom stereocenters. The third kappa shape index (κ3) is 2.50. The molecule has 2 aromatic heterocycles. The molecule has 2 heterocycles. The second-order valence-electron chi connectivity index (χ2n) is 4.15. The standard InChI is InChI=1S/C14H13N3O2S/c1-2-19-14(18)15-11-5-3-4-10(8-11)12-9-17-6-7-20-13(17)16-12/h3-9H,2H2,1H3,(H,15,18). The first kappa shape index (κ1) is 12.7. The molecule has 6 heteroatoms. The third-order valence-corrected chi connectivity index (χ3v) is 3.54. The molecule has 0 aliphatic heterocycles. The van der Waals surface area contributed by atoms with Crippen LogP contribution in [0.3, 0.4) is 0 Å². The van der Waals surface area contributed by atoms with Crippen molar-refractivity contribution >= 4 is 28.1 Å². The zero-order chi connectivity index (χ0) is 13.9. The highest BCUT2D eigenvalue weighted by Crippen LogP contribution is 2.24. The maximum atomic E-state index is 11.4. The van der Waals surface area contributed by atoms with Gasteiger partial charge in [0.25, 0.3) is 0 Å². The monoisotopic (exact) mass is 287 g/mol. The number of thiazole rings is 1. The minimum absolute atomic E-state index is 0.350. The molecule has 0 saturated carbocycles. The average Bonchev–Trinajstić information content (AvgIpc) is 2.99. The molecule has 0 saturated heterocycles. The highest BCUT2D eigenvalue weighted by Gasteiger charge is 2.07. The molecular formula is C14H13N3O2S. The lowest BCUT2D eigenvalue weighted by Crippen LogP contribution is -2.13. The number of hydrogen-bond donors (Lipinski definition) is 1. The smallest absolute Gasteiger partial charge is 0.411 e. The number of rotatable bonds is 3. The van der Waals surface area contributed by atoms with Crippen LogP contribution < -0.4 is 5.32 Å². The van der Waals surface area contributed by atoms with Crippen molar-refractivity contribution in [3.63, 3.8) is 0 Å². The van der Waals surface area contributed by atoms with Gasteiger partial charge in [0.05, 0.1) is 12.3 Å². The molecule has 0 bridgehead atoms. The van der Waals surface area contributed by atoms with Crippen molar-refractivity contribution in [3.8, 4) is 11.3 Å². The highest BCUT2D eigenvalue weighted by atomic mass is 32.1. The van der Waals surface area contributed by atoms with Crippen molar-refractivity contribution in [1.29, 1.82) is 0 Å². The van der Waals surface area contributed by atoms with E-state index in [1.807, 2.05) is 46.4 Å². The van der Waals surface area contributed by atoms with E-state index < -0.39 is 6.09 Å². The zero-order valence-electron chi connectivity index (χ0n) is 10.9. The van der Waals surface area contributed by atoms with Crippen LogP contribution in [0.2, 0.25) is 0 Å². The van der Waals surface area contributed by atoms with Crippen molar-refractivity contribution in [2.75, 3.05) is 11.9 Å². The van der Waals surface area contributed by atoms with Gasteiger partial charge in [-0.25, -0.2) is 9.78 Å². The van der Waals surface area contributed by atoms with Crippen LogP contribution in [0.15, 0.2) is 42.0 Å². The van der Waals surface area contributed by atoms with Gasteiger partial charge < -0.3 is 4.74 Å². The molecule has 0 spiro atoms. The second-order valence-corrected chi connectivity index (χ2v) is 5.02. The number of anilines is 1. The summed E-state index contributed by atoms with van der Waals surface area (Å²) in [7, 11) is 0. The Morgan fingerprint density at radius 3 is 3.20 bits per heavy atom. The fourth-order valence-corrected chi connectivity index (χ4v) is 2.61. The van der Waals surface area contributed by atoms with Crippen molar-refractivity contribution in [3.05, 3.63) is 42.0 Å². The van der Waals surface area contributed by atoms with Crippen LogP contribution in [0.4, 0.5) is 10.5 Å². The van der Waals surface area contributed by atoms with Crippen LogP contribution in [0.1, 0.15) is 6.92 Å². The predicted octanol–water partition coefficient (Wildman–Crippen LogP) is 3.63. The molecule has 0 aliphatic carbocycles. The second kappa shape index (κ2) is 5.34. The summed E-state index contributed by atoms with van der Waals surface area (Å²) in [4.78, 5) is 16.9. The van der Waals surface area contributed by atoms with Gasteiger partial charge in [-0.3, -0.25) is 9.72 Å². The number of carbonyl (C=O) groups is 1. The molecule has 1 amide bonds. The molecule has 0 aliphatic rings. The average molecular weight is 287 g/mol. The number of fused-ring (bicyclic) bond motifs is 1. The van der Waals surface area contributed by atoms with Crippen LogP contribution in [-0.4, -0.2) is 22.1 Å². The Morgan fingerprint density at radius 2 is 2.40 bits per heavy atom. The molecular weight excluding hydrogens is 274 g/mol. The molecule has 0 unspecified atom stereocenters. The molecule has 1 aromatic carbocycles. The fraction of sp³-hybridized carbons (Fsp3) is 0.143. The van der Waals surface area contributed by atoms with E-state index in [2.05, 4.69) is 10.3 Å². The van der Waals surface area contributed by atoms with E-state index >= 15 is 0 Å². The van der Waals surface area contributed by atoms with E-state index in [0.29, 0.717) is 12.3 Å². The van der Waals surface area contributed by atoms with E-state index in [0.717, 1.165) is 16.2 Å². The quantitative estimate of drug-likeness (QED) is 0.800. The van der Waals surface area contributed by atoms with Crippen LogP contribution >= 0.6 is 11.3 Å².